The van der Waals surface area contributed by atoms with Crippen LogP contribution >= 0.6 is 0 Å². The van der Waals surface area contributed by atoms with Crippen LogP contribution in [0.4, 0.5) is 0 Å². The molecule has 1 aliphatic rings. The highest BCUT2D eigenvalue weighted by Crippen LogP contribution is 2.15. The van der Waals surface area contributed by atoms with E-state index in [1.807, 2.05) is 0 Å². The molecule has 1 fully saturated rings. The van der Waals surface area contributed by atoms with Gasteiger partial charge in [0.2, 0.25) is 0 Å². The summed E-state index contributed by atoms with van der Waals surface area (Å²) in [6.07, 6.45) is 4.11. The molecule has 0 aromatic carbocycles. The zero-order valence-corrected chi connectivity index (χ0v) is 3.98. The molecule has 1 rings (SSSR count). The Kier molecular flexibility index (Phi) is 0.868. The molecule has 36 valence electrons. The van der Waals surface area contributed by atoms with Crippen LogP contribution in [-0.4, -0.2) is 0 Å². The third-order valence-corrected chi connectivity index (χ3v) is 1.15. The molecule has 0 aromatic heterocycles. The first-order chi connectivity index (χ1) is 3.79. The molecule has 0 nitrogen and oxygen atoms in total. The molecule has 0 N–H and O–H groups in total. The highest BCUT2D eigenvalue weighted by Gasteiger charge is 1.95. The second-order valence-electron chi connectivity index (χ2n) is 1.73. The largest absolute Gasteiger partial charge is 0.0533 e. The highest BCUT2D eigenvalue weighted by atomic mass is 14.0. The van der Waals surface area contributed by atoms with Crippen molar-refractivity contribution in [2.24, 2.45) is 0 Å². The Hall–Kier alpha value is 0. The summed E-state index contributed by atoms with van der Waals surface area (Å²) in [5.41, 5.74) is 0. The maximum Gasteiger partial charge on any atom is 0.0267 e. The molecule has 0 heterocycles. The van der Waals surface area contributed by atoms with Crippen molar-refractivity contribution in [1.29, 1.82) is 0 Å². The maximum atomic E-state index is 7.28. The van der Waals surface area contributed by atoms with Crippen LogP contribution < -0.4 is 0 Å². The van der Waals surface area contributed by atoms with E-state index in [0.717, 1.165) is 25.7 Å². The topological polar surface area (TPSA) is 0 Å². The summed E-state index contributed by atoms with van der Waals surface area (Å²) in [4.78, 5) is 0. The third kappa shape index (κ3) is 1.00. The van der Waals surface area contributed by atoms with Crippen LogP contribution in [-0.2, 0) is 0 Å². The zero-order valence-electron chi connectivity index (χ0n) is 5.98. The average molecular weight is 86.2 g/mol. The number of rotatable bonds is 0. The quantitative estimate of drug-likeness (QED) is 0.424. The van der Waals surface area contributed by atoms with Crippen LogP contribution in [0.2, 0.25) is 0 Å². The van der Waals surface area contributed by atoms with Crippen molar-refractivity contribution in [3.05, 3.63) is 0 Å². The van der Waals surface area contributed by atoms with E-state index < -0.39 is 0 Å². The molecule has 6 heavy (non-hydrogen) atoms. The zero-order chi connectivity index (χ0) is 5.98. The molecular weight excluding hydrogens is 72.1 g/mol. The minimum absolute atomic E-state index is 0.150. The minimum Gasteiger partial charge on any atom is -0.0533 e. The van der Waals surface area contributed by atoms with Gasteiger partial charge in [0.15, 0.2) is 0 Å². The maximum absolute atomic E-state index is 7.28. The van der Waals surface area contributed by atoms with Crippen LogP contribution in [0, 0.1) is 0 Å². The second kappa shape index (κ2) is 2.22. The Morgan fingerprint density at radius 3 is 1.50 bits per heavy atom. The van der Waals surface area contributed by atoms with E-state index in [9.17, 15) is 0 Å². The first kappa shape index (κ1) is 2.34. The lowest BCUT2D eigenvalue weighted by Crippen LogP contribution is -1.85. The van der Waals surface area contributed by atoms with E-state index in [-0.39, 0.29) is 12.8 Å². The number of hydrogen-bond donors (Lipinski definition) is 0. The lowest BCUT2D eigenvalue weighted by molar-refractivity contribution is 0.504. The Morgan fingerprint density at radius 2 is 1.17 bits per heavy atom. The summed E-state index contributed by atoms with van der Waals surface area (Å²) in [5.74, 6) is 0. The van der Waals surface area contributed by atoms with E-state index in [1.165, 1.54) is 0 Å². The minimum atomic E-state index is 0.150. The van der Waals surface area contributed by atoms with Gasteiger partial charge in [0, 0.05) is 2.74 Å². The Balaban J connectivity index is 2.19. The van der Waals surface area contributed by atoms with Crippen molar-refractivity contribution < 1.29 is 2.74 Å². The van der Waals surface area contributed by atoms with Gasteiger partial charge in [0.05, 0.1) is 0 Å². The predicted octanol–water partition coefficient (Wildman–Crippen LogP) is 2.34. The van der Waals surface area contributed by atoms with E-state index in [2.05, 4.69) is 0 Å². The van der Waals surface area contributed by atoms with Gasteiger partial charge in [-0.25, -0.2) is 0 Å². The summed E-state index contributed by atoms with van der Waals surface area (Å²) in [5, 5.41) is 0. The Bertz CT molecular complexity index is 54.9. The summed E-state index contributed by atoms with van der Waals surface area (Å²) in [6.45, 7) is 0. The van der Waals surface area contributed by atoms with Gasteiger partial charge in [0.1, 0.15) is 0 Å². The molecule has 0 aromatic rings. The predicted molar refractivity (Wildman–Crippen MR) is 27.7 cm³/mol. The van der Waals surface area contributed by atoms with E-state index in [4.69, 9.17) is 2.74 Å². The molecule has 0 heteroatoms. The van der Waals surface area contributed by atoms with E-state index in [1.54, 1.807) is 0 Å². The van der Waals surface area contributed by atoms with Crippen molar-refractivity contribution in [3.63, 3.8) is 0 Å². The highest BCUT2D eigenvalue weighted by molar-refractivity contribution is 4.51. The van der Waals surface area contributed by atoms with Gasteiger partial charge in [-0.1, -0.05) is 38.5 Å². The van der Waals surface area contributed by atoms with Crippen molar-refractivity contribution in [1.82, 2.24) is 0 Å². The van der Waals surface area contributed by atoms with Crippen LogP contribution in [0.15, 0.2) is 0 Å². The fourth-order valence-electron chi connectivity index (χ4n) is 0.760. The first-order valence-electron chi connectivity index (χ1n) is 3.79. The summed E-state index contributed by atoms with van der Waals surface area (Å²) in [6, 6.07) is 0. The molecule has 0 amide bonds. The molecular formula is C6H12. The lowest BCUT2D eigenvalue weighted by Gasteiger charge is -2.05. The van der Waals surface area contributed by atoms with E-state index in [0.29, 0.717) is 0 Å². The van der Waals surface area contributed by atoms with Gasteiger partial charge in [-0.15, -0.1) is 0 Å². The van der Waals surface area contributed by atoms with Crippen LogP contribution in [0.5, 0.6) is 0 Å². The van der Waals surface area contributed by atoms with E-state index >= 15 is 0 Å². The molecule has 0 bridgehead atoms. The molecule has 0 radical (unpaired) electrons. The van der Waals surface area contributed by atoms with Gasteiger partial charge in [-0.2, -0.15) is 0 Å². The third-order valence-electron chi connectivity index (χ3n) is 1.15. The van der Waals surface area contributed by atoms with Crippen molar-refractivity contribution >= 4 is 0 Å². The fraction of sp³-hybridized carbons (Fsp3) is 1.00. The Morgan fingerprint density at radius 1 is 0.833 bits per heavy atom. The first-order valence-corrected chi connectivity index (χ1v) is 2.63. The van der Waals surface area contributed by atoms with Crippen LogP contribution in [0.25, 0.3) is 0 Å². The smallest absolute Gasteiger partial charge is 0.0267 e. The normalized spacial score (nSPS) is 53.3. The molecule has 0 unspecified atom stereocenters. The molecule has 0 spiro atoms. The van der Waals surface area contributed by atoms with Crippen LogP contribution in [0.1, 0.15) is 41.2 Å². The van der Waals surface area contributed by atoms with Crippen molar-refractivity contribution in [3.8, 4) is 0 Å². The Labute approximate surface area is 42.4 Å². The molecule has 0 atom stereocenters. The summed E-state index contributed by atoms with van der Waals surface area (Å²) >= 11 is 0. The average Bonchev–Trinajstić information content (AvgIpc) is 1.77. The van der Waals surface area contributed by atoms with Gasteiger partial charge in [0.25, 0.3) is 0 Å². The van der Waals surface area contributed by atoms with Crippen molar-refractivity contribution in [2.45, 2.75) is 38.5 Å². The standard InChI is InChI=1S/C6H12/c1-2-4-6-5-3-1/h1-6H2/i1D,6D. The van der Waals surface area contributed by atoms with Gasteiger partial charge in [-0.3, -0.25) is 0 Å². The molecule has 0 aliphatic heterocycles. The second-order valence-corrected chi connectivity index (χ2v) is 1.73. The van der Waals surface area contributed by atoms with Gasteiger partial charge < -0.3 is 0 Å². The number of hydrogen-bond acceptors (Lipinski definition) is 0. The molecule has 0 saturated heterocycles. The lowest BCUT2D eigenvalue weighted by atomic mass is 10.0. The monoisotopic (exact) mass is 86.1 g/mol. The van der Waals surface area contributed by atoms with Crippen molar-refractivity contribution in [2.75, 3.05) is 0 Å². The van der Waals surface area contributed by atoms with Gasteiger partial charge >= 0.3 is 0 Å². The molecule has 1 aliphatic carbocycles. The summed E-state index contributed by atoms with van der Waals surface area (Å²) < 4.78 is 14.6. The fourth-order valence-corrected chi connectivity index (χ4v) is 0.760. The van der Waals surface area contributed by atoms with Crippen LogP contribution in [0.3, 0.4) is 0 Å². The molecule has 1 saturated carbocycles. The summed E-state index contributed by atoms with van der Waals surface area (Å²) in [7, 11) is 0. The van der Waals surface area contributed by atoms with Gasteiger partial charge in [-0.05, 0) is 0 Å². The SMILES string of the molecule is [2H]C1CCC([2H])CC1.